The summed E-state index contributed by atoms with van der Waals surface area (Å²) in [4.78, 5) is 13.9. The van der Waals surface area contributed by atoms with Gasteiger partial charge < -0.3 is 24.8 Å². The van der Waals surface area contributed by atoms with E-state index in [0.29, 0.717) is 58.1 Å². The maximum atomic E-state index is 14.2. The van der Waals surface area contributed by atoms with E-state index in [9.17, 15) is 13.2 Å². The topological polar surface area (TPSA) is 86.0 Å². The number of methoxy groups -OCH3 is 1. The Labute approximate surface area is 250 Å². The number of alkyl halides is 3. The fraction of sp³-hybridized carbons (Fsp3) is 0.500. The number of benzene rings is 1. The van der Waals surface area contributed by atoms with Gasteiger partial charge in [-0.2, -0.15) is 13.2 Å². The molecular weight excluding hydrogens is 559 g/mol. The molecule has 43 heavy (non-hydrogen) atoms. The van der Waals surface area contributed by atoms with Gasteiger partial charge >= 0.3 is 6.18 Å². The van der Waals surface area contributed by atoms with Crippen LogP contribution >= 0.6 is 0 Å². The van der Waals surface area contributed by atoms with Crippen molar-refractivity contribution in [1.82, 2.24) is 14.9 Å². The quantitative estimate of drug-likeness (QED) is 0.406. The molecule has 0 bridgehead atoms. The van der Waals surface area contributed by atoms with Crippen molar-refractivity contribution in [3.63, 3.8) is 0 Å². The fourth-order valence-electron chi connectivity index (χ4n) is 7.02. The number of rotatable bonds is 7. The van der Waals surface area contributed by atoms with E-state index >= 15 is 0 Å². The van der Waals surface area contributed by atoms with Crippen molar-refractivity contribution in [2.75, 3.05) is 51.4 Å². The van der Waals surface area contributed by atoms with Crippen molar-refractivity contribution < 1.29 is 27.4 Å². The van der Waals surface area contributed by atoms with Crippen molar-refractivity contribution in [2.45, 2.75) is 56.5 Å². The van der Waals surface area contributed by atoms with Crippen LogP contribution in [-0.2, 0) is 22.9 Å². The van der Waals surface area contributed by atoms with E-state index in [4.69, 9.17) is 24.9 Å². The second kappa shape index (κ2) is 11.9. The molecule has 8 nitrogen and oxygen atoms in total. The van der Waals surface area contributed by atoms with Crippen LogP contribution in [-0.4, -0.2) is 73.5 Å². The van der Waals surface area contributed by atoms with Crippen LogP contribution in [0.25, 0.3) is 11.3 Å². The third-order valence-electron chi connectivity index (χ3n) is 9.14. The predicted molar refractivity (Wildman–Crippen MR) is 157 cm³/mol. The Kier molecular flexibility index (Phi) is 8.23. The molecule has 6 rings (SSSR count). The van der Waals surface area contributed by atoms with Crippen LogP contribution in [0.1, 0.15) is 43.0 Å². The van der Waals surface area contributed by atoms with Crippen molar-refractivity contribution >= 4 is 5.69 Å². The maximum absolute atomic E-state index is 14.2. The molecule has 2 unspecified atom stereocenters. The van der Waals surface area contributed by atoms with Gasteiger partial charge in [-0.1, -0.05) is 12.1 Å². The third kappa shape index (κ3) is 5.65. The van der Waals surface area contributed by atoms with Crippen LogP contribution in [0.2, 0.25) is 0 Å². The van der Waals surface area contributed by atoms with Gasteiger partial charge in [0.05, 0.1) is 49.1 Å². The molecule has 3 aliphatic rings. The zero-order valence-corrected chi connectivity index (χ0v) is 24.6. The Hall–Kier alpha value is -3.41. The molecule has 2 N–H and O–H groups in total. The summed E-state index contributed by atoms with van der Waals surface area (Å²) in [5.41, 5.74) is 8.89. The highest BCUT2D eigenvalue weighted by Crippen LogP contribution is 2.47. The summed E-state index contributed by atoms with van der Waals surface area (Å²) in [7, 11) is 1.28. The van der Waals surface area contributed by atoms with Gasteiger partial charge in [0.15, 0.2) is 0 Å². The highest BCUT2D eigenvalue weighted by atomic mass is 19.4. The lowest BCUT2D eigenvalue weighted by Gasteiger charge is -2.50. The normalized spacial score (nSPS) is 22.0. The van der Waals surface area contributed by atoms with Gasteiger partial charge in [0.1, 0.15) is 11.3 Å². The van der Waals surface area contributed by atoms with Crippen molar-refractivity contribution in [3.05, 3.63) is 65.5 Å². The van der Waals surface area contributed by atoms with E-state index in [1.807, 2.05) is 30.0 Å². The minimum Gasteiger partial charge on any atom is -0.496 e. The molecule has 3 aliphatic heterocycles. The first kappa shape index (κ1) is 29.7. The van der Waals surface area contributed by atoms with Crippen LogP contribution in [0.3, 0.4) is 0 Å². The van der Waals surface area contributed by atoms with Gasteiger partial charge in [-0.15, -0.1) is 0 Å². The number of piperidine rings is 1. The number of anilines is 1. The largest absolute Gasteiger partial charge is 0.496 e. The number of nitrogens with zero attached hydrogens (tertiary/aromatic N) is 4. The number of aromatic nitrogens is 2. The molecule has 2 fully saturated rings. The lowest BCUT2D eigenvalue weighted by Crippen LogP contribution is -2.54. The van der Waals surface area contributed by atoms with Crippen LogP contribution in [0.4, 0.5) is 18.9 Å². The van der Waals surface area contributed by atoms with E-state index in [1.165, 1.54) is 18.7 Å². The Morgan fingerprint density at radius 1 is 1.12 bits per heavy atom. The fourth-order valence-corrected chi connectivity index (χ4v) is 7.02. The smallest absolute Gasteiger partial charge is 0.421 e. The number of pyridine rings is 2. The Balaban J connectivity index is 1.35. The Morgan fingerprint density at radius 2 is 1.93 bits per heavy atom. The predicted octanol–water partition coefficient (Wildman–Crippen LogP) is 5.04. The van der Waals surface area contributed by atoms with Crippen LogP contribution in [0, 0.1) is 0 Å². The van der Waals surface area contributed by atoms with Crippen molar-refractivity contribution in [2.24, 2.45) is 5.73 Å². The zero-order chi connectivity index (χ0) is 30.2. The number of halogens is 3. The highest BCUT2D eigenvalue weighted by molar-refractivity contribution is 5.66. The van der Waals surface area contributed by atoms with Gasteiger partial charge in [0.2, 0.25) is 5.88 Å². The van der Waals surface area contributed by atoms with Crippen LogP contribution in [0.15, 0.2) is 48.7 Å². The van der Waals surface area contributed by atoms with Gasteiger partial charge in [-0.05, 0) is 62.1 Å². The first-order valence-corrected chi connectivity index (χ1v) is 14.9. The lowest BCUT2D eigenvalue weighted by molar-refractivity contribution is -0.138. The zero-order valence-electron chi connectivity index (χ0n) is 24.6. The van der Waals surface area contributed by atoms with Crippen LogP contribution < -0.4 is 20.1 Å². The Morgan fingerprint density at radius 3 is 2.63 bits per heavy atom. The Bertz CT molecular complexity index is 1440. The monoisotopic (exact) mass is 597 g/mol. The van der Waals surface area contributed by atoms with Gasteiger partial charge in [0, 0.05) is 50.4 Å². The summed E-state index contributed by atoms with van der Waals surface area (Å²) in [6.45, 7) is 5.93. The molecule has 5 heterocycles. The molecule has 2 aromatic heterocycles. The number of nitrogens with two attached hydrogens (primary N) is 1. The summed E-state index contributed by atoms with van der Waals surface area (Å²) in [5, 5.41) is 0. The average molecular weight is 598 g/mol. The molecule has 2 atom stereocenters. The molecule has 0 saturated carbocycles. The summed E-state index contributed by atoms with van der Waals surface area (Å²) in [5.74, 6) is 0.385. The summed E-state index contributed by atoms with van der Waals surface area (Å²) in [6, 6.07) is 12.8. The summed E-state index contributed by atoms with van der Waals surface area (Å²) >= 11 is 0. The molecule has 0 radical (unpaired) electrons. The second-order valence-corrected chi connectivity index (χ2v) is 11.6. The molecule has 1 aromatic carbocycles. The average Bonchev–Trinajstić information content (AvgIpc) is 3.50. The number of fused-ring (bicyclic) bond motifs is 2. The van der Waals surface area contributed by atoms with Gasteiger partial charge in [-0.3, -0.25) is 9.88 Å². The van der Waals surface area contributed by atoms with E-state index in [-0.39, 0.29) is 29.0 Å². The standard InChI is InChI=1S/C32H38F3N5O3/c1-3-42-30-23(6-5-13-37-30)25-10-9-24-26(38-25)18-40(21-16-22(17-36)43-19-21)20-31(24)11-14-39(15-12-31)27-7-4-8-28(41-2)29(27)32(33,34)35/h4-10,13,21-22H,3,11-12,14-20,36H2,1-2H3. The van der Waals surface area contributed by atoms with E-state index in [2.05, 4.69) is 16.0 Å². The molecule has 1 spiro atoms. The SMILES string of the molecule is CCOc1ncccc1-c1ccc2c(n1)CN(C1COC(CN)C1)CC21CCN(c2cccc(OC)c2C(F)(F)F)CC1. The number of ether oxygens (including phenoxy) is 3. The maximum Gasteiger partial charge on any atom is 0.421 e. The summed E-state index contributed by atoms with van der Waals surface area (Å²) in [6.07, 6.45) is -0.558. The first-order chi connectivity index (χ1) is 20.8. The van der Waals surface area contributed by atoms with E-state index in [1.54, 1.807) is 18.3 Å². The van der Waals surface area contributed by atoms with Crippen LogP contribution in [0.5, 0.6) is 11.6 Å². The minimum absolute atomic E-state index is 0.0292. The number of hydrogen-bond acceptors (Lipinski definition) is 8. The molecular formula is C32H38F3N5O3. The minimum atomic E-state index is -4.53. The highest BCUT2D eigenvalue weighted by Gasteiger charge is 2.47. The number of hydrogen-bond donors (Lipinski definition) is 1. The lowest BCUT2D eigenvalue weighted by atomic mass is 9.69. The molecule has 2 saturated heterocycles. The first-order valence-electron chi connectivity index (χ1n) is 14.9. The molecule has 230 valence electrons. The molecule has 3 aromatic rings. The molecule has 0 aliphatic carbocycles. The van der Waals surface area contributed by atoms with Crippen molar-refractivity contribution in [1.29, 1.82) is 0 Å². The van der Waals surface area contributed by atoms with E-state index < -0.39 is 11.7 Å². The molecule has 11 heteroatoms. The van der Waals surface area contributed by atoms with E-state index in [0.717, 1.165) is 29.9 Å². The molecule has 0 amide bonds. The van der Waals surface area contributed by atoms with Gasteiger partial charge in [0.25, 0.3) is 0 Å². The van der Waals surface area contributed by atoms with Crippen molar-refractivity contribution in [3.8, 4) is 22.9 Å². The van der Waals surface area contributed by atoms with Gasteiger partial charge in [-0.25, -0.2) is 4.98 Å². The third-order valence-corrected chi connectivity index (χ3v) is 9.14. The summed E-state index contributed by atoms with van der Waals surface area (Å²) < 4.78 is 59.4. The second-order valence-electron chi connectivity index (χ2n) is 11.6.